The summed E-state index contributed by atoms with van der Waals surface area (Å²) in [7, 11) is 0. The minimum absolute atomic E-state index is 0.707. The highest BCUT2D eigenvalue weighted by Crippen LogP contribution is 2.31. The zero-order chi connectivity index (χ0) is 9.30. The summed E-state index contributed by atoms with van der Waals surface area (Å²) in [6.45, 7) is 11.7. The van der Waals surface area contributed by atoms with Gasteiger partial charge in [0.05, 0.1) is 0 Å². The van der Waals surface area contributed by atoms with Crippen molar-refractivity contribution in [2.24, 2.45) is 17.8 Å². The van der Waals surface area contributed by atoms with E-state index >= 15 is 0 Å². The molecular weight excluding hydrogens is 146 g/mol. The van der Waals surface area contributed by atoms with Crippen LogP contribution in [-0.4, -0.2) is 12.1 Å². The second-order valence-corrected chi connectivity index (χ2v) is 4.58. The lowest BCUT2D eigenvalue weighted by Gasteiger charge is -2.23. The van der Waals surface area contributed by atoms with Crippen molar-refractivity contribution >= 4 is 0 Å². The van der Waals surface area contributed by atoms with Crippen LogP contribution in [0.25, 0.3) is 0 Å². The van der Waals surface area contributed by atoms with Crippen LogP contribution in [0.1, 0.15) is 41.0 Å². The van der Waals surface area contributed by atoms with E-state index in [1.807, 2.05) is 0 Å². The SMILES string of the molecule is CCC(C)C1NC(C)C(C)C1C. The molecule has 0 saturated carbocycles. The fourth-order valence-corrected chi connectivity index (χ4v) is 2.33. The molecule has 0 aromatic carbocycles. The summed E-state index contributed by atoms with van der Waals surface area (Å²) in [5.41, 5.74) is 0. The molecule has 1 nitrogen and oxygen atoms in total. The van der Waals surface area contributed by atoms with Crippen molar-refractivity contribution in [3.8, 4) is 0 Å². The molecule has 1 aliphatic heterocycles. The summed E-state index contributed by atoms with van der Waals surface area (Å²) >= 11 is 0. The number of nitrogens with one attached hydrogen (secondary N) is 1. The molecule has 1 N–H and O–H groups in total. The van der Waals surface area contributed by atoms with Gasteiger partial charge >= 0.3 is 0 Å². The fraction of sp³-hybridized carbons (Fsp3) is 1.00. The molecular formula is C11H23N. The molecule has 0 aliphatic carbocycles. The summed E-state index contributed by atoms with van der Waals surface area (Å²) in [4.78, 5) is 0. The Morgan fingerprint density at radius 2 is 1.75 bits per heavy atom. The van der Waals surface area contributed by atoms with Crippen LogP contribution in [-0.2, 0) is 0 Å². The van der Waals surface area contributed by atoms with Crippen LogP contribution < -0.4 is 5.32 Å². The largest absolute Gasteiger partial charge is 0.311 e. The van der Waals surface area contributed by atoms with Gasteiger partial charge in [-0.1, -0.05) is 34.1 Å². The highest BCUT2D eigenvalue weighted by atomic mass is 15.0. The van der Waals surface area contributed by atoms with Gasteiger partial charge in [-0.25, -0.2) is 0 Å². The van der Waals surface area contributed by atoms with Crippen molar-refractivity contribution in [2.75, 3.05) is 0 Å². The maximum Gasteiger partial charge on any atom is 0.0124 e. The Balaban J connectivity index is 2.58. The van der Waals surface area contributed by atoms with E-state index in [-0.39, 0.29) is 0 Å². The Morgan fingerprint density at radius 3 is 2.08 bits per heavy atom. The highest BCUT2D eigenvalue weighted by Gasteiger charge is 2.36. The predicted octanol–water partition coefficient (Wildman–Crippen LogP) is 2.67. The highest BCUT2D eigenvalue weighted by molar-refractivity contribution is 4.93. The van der Waals surface area contributed by atoms with Gasteiger partial charge in [-0.2, -0.15) is 0 Å². The summed E-state index contributed by atoms with van der Waals surface area (Å²) in [6.07, 6.45) is 1.29. The Kier molecular flexibility index (Phi) is 3.16. The summed E-state index contributed by atoms with van der Waals surface area (Å²) in [6, 6.07) is 1.46. The lowest BCUT2D eigenvalue weighted by molar-refractivity contribution is 0.318. The van der Waals surface area contributed by atoms with Crippen LogP contribution in [0.3, 0.4) is 0 Å². The normalized spacial score (nSPS) is 44.8. The zero-order valence-corrected chi connectivity index (χ0v) is 9.09. The van der Waals surface area contributed by atoms with E-state index in [9.17, 15) is 0 Å². The predicted molar refractivity (Wildman–Crippen MR) is 54.2 cm³/mol. The molecule has 0 aromatic heterocycles. The number of hydrogen-bond acceptors (Lipinski definition) is 1. The number of rotatable bonds is 2. The first-order valence-corrected chi connectivity index (χ1v) is 5.34. The van der Waals surface area contributed by atoms with Gasteiger partial charge in [-0.15, -0.1) is 0 Å². The quantitative estimate of drug-likeness (QED) is 0.670. The molecule has 1 heteroatoms. The van der Waals surface area contributed by atoms with Crippen molar-refractivity contribution in [3.05, 3.63) is 0 Å². The van der Waals surface area contributed by atoms with Crippen molar-refractivity contribution in [1.82, 2.24) is 5.32 Å². The first kappa shape index (κ1) is 10.0. The molecule has 72 valence electrons. The topological polar surface area (TPSA) is 12.0 Å². The third-order valence-corrected chi connectivity index (χ3v) is 3.90. The van der Waals surface area contributed by atoms with E-state index < -0.39 is 0 Å². The zero-order valence-electron chi connectivity index (χ0n) is 9.09. The van der Waals surface area contributed by atoms with Gasteiger partial charge in [0.2, 0.25) is 0 Å². The van der Waals surface area contributed by atoms with Crippen LogP contribution in [0, 0.1) is 17.8 Å². The monoisotopic (exact) mass is 169 g/mol. The van der Waals surface area contributed by atoms with E-state index in [4.69, 9.17) is 0 Å². The summed E-state index contributed by atoms with van der Waals surface area (Å²) in [5, 5.41) is 3.70. The van der Waals surface area contributed by atoms with E-state index in [1.54, 1.807) is 0 Å². The Morgan fingerprint density at radius 1 is 1.17 bits per heavy atom. The maximum absolute atomic E-state index is 3.70. The summed E-state index contributed by atoms with van der Waals surface area (Å²) < 4.78 is 0. The first-order valence-electron chi connectivity index (χ1n) is 5.34. The second kappa shape index (κ2) is 3.78. The van der Waals surface area contributed by atoms with Gasteiger partial charge in [-0.05, 0) is 24.7 Å². The molecule has 0 amide bonds. The molecule has 5 atom stereocenters. The third kappa shape index (κ3) is 1.66. The summed E-state index contributed by atoms with van der Waals surface area (Å²) in [5.74, 6) is 2.51. The molecule has 0 bridgehead atoms. The van der Waals surface area contributed by atoms with Crippen molar-refractivity contribution in [3.63, 3.8) is 0 Å². The van der Waals surface area contributed by atoms with Crippen LogP contribution in [0.15, 0.2) is 0 Å². The molecule has 0 spiro atoms. The molecule has 1 saturated heterocycles. The van der Waals surface area contributed by atoms with Crippen LogP contribution in [0.2, 0.25) is 0 Å². The van der Waals surface area contributed by atoms with Gasteiger partial charge in [0, 0.05) is 12.1 Å². The van der Waals surface area contributed by atoms with Crippen molar-refractivity contribution in [1.29, 1.82) is 0 Å². The molecule has 1 rings (SSSR count). The van der Waals surface area contributed by atoms with Gasteiger partial charge in [0.25, 0.3) is 0 Å². The molecule has 0 aromatic rings. The maximum atomic E-state index is 3.70. The average Bonchev–Trinajstić information content (AvgIpc) is 2.32. The molecule has 5 unspecified atom stereocenters. The van der Waals surface area contributed by atoms with E-state index in [0.717, 1.165) is 23.8 Å². The molecule has 12 heavy (non-hydrogen) atoms. The molecule has 1 fully saturated rings. The second-order valence-electron chi connectivity index (χ2n) is 4.58. The van der Waals surface area contributed by atoms with Crippen molar-refractivity contribution in [2.45, 2.75) is 53.1 Å². The fourth-order valence-electron chi connectivity index (χ4n) is 2.33. The van der Waals surface area contributed by atoms with Gasteiger partial charge < -0.3 is 5.32 Å². The van der Waals surface area contributed by atoms with Gasteiger partial charge in [0.15, 0.2) is 0 Å². The molecule has 1 heterocycles. The van der Waals surface area contributed by atoms with E-state index in [0.29, 0.717) is 6.04 Å². The number of hydrogen-bond donors (Lipinski definition) is 1. The van der Waals surface area contributed by atoms with Crippen LogP contribution in [0.5, 0.6) is 0 Å². The standard InChI is InChI=1S/C11H23N/c1-6-7(2)11-9(4)8(3)10(5)12-11/h7-12H,6H2,1-5H3. The average molecular weight is 169 g/mol. The first-order chi connectivity index (χ1) is 5.57. The van der Waals surface area contributed by atoms with Gasteiger partial charge in [0.1, 0.15) is 0 Å². The Bertz CT molecular complexity index is 144. The van der Waals surface area contributed by atoms with E-state index in [1.165, 1.54) is 6.42 Å². The van der Waals surface area contributed by atoms with Crippen molar-refractivity contribution < 1.29 is 0 Å². The lowest BCUT2D eigenvalue weighted by atomic mass is 9.85. The molecule has 0 radical (unpaired) electrons. The Labute approximate surface area is 76.9 Å². The minimum atomic E-state index is 0.707. The van der Waals surface area contributed by atoms with Gasteiger partial charge in [-0.3, -0.25) is 0 Å². The molecule has 1 aliphatic rings. The lowest BCUT2D eigenvalue weighted by Crippen LogP contribution is -2.34. The van der Waals surface area contributed by atoms with Crippen LogP contribution in [0.4, 0.5) is 0 Å². The van der Waals surface area contributed by atoms with E-state index in [2.05, 4.69) is 39.9 Å². The smallest absolute Gasteiger partial charge is 0.0124 e. The minimum Gasteiger partial charge on any atom is -0.311 e. The van der Waals surface area contributed by atoms with Crippen LogP contribution >= 0.6 is 0 Å². The Hall–Kier alpha value is -0.0400. The third-order valence-electron chi connectivity index (χ3n) is 3.90.